The van der Waals surface area contributed by atoms with E-state index in [1.54, 1.807) is 12.1 Å². The number of aromatic nitrogens is 2. The molecule has 0 unspecified atom stereocenters. The monoisotopic (exact) mass is 402 g/mol. The van der Waals surface area contributed by atoms with Crippen molar-refractivity contribution in [3.05, 3.63) is 42.0 Å². The van der Waals surface area contributed by atoms with E-state index in [1.807, 2.05) is 0 Å². The fourth-order valence-corrected chi connectivity index (χ4v) is 3.13. The number of carbonyl (C=O) groups is 1. The van der Waals surface area contributed by atoms with E-state index >= 15 is 0 Å². The molecular weight excluding hydrogens is 375 g/mol. The van der Waals surface area contributed by atoms with E-state index in [0.717, 1.165) is 32.7 Å². The third-order valence-corrected chi connectivity index (χ3v) is 4.93. The zero-order chi connectivity index (χ0) is 20.8. The summed E-state index contributed by atoms with van der Waals surface area (Å²) in [7, 11) is 0. The number of nitrogens with zero attached hydrogens (tertiary/aromatic N) is 4. The van der Waals surface area contributed by atoms with Crippen LogP contribution in [-0.2, 0) is 0 Å². The minimum Gasteiger partial charge on any atom is -0.489 e. The number of hydrogen-bond acceptors (Lipinski definition) is 7. The van der Waals surface area contributed by atoms with Crippen LogP contribution in [0.4, 0.5) is 16.0 Å². The predicted molar refractivity (Wildman–Crippen MR) is 109 cm³/mol. The van der Waals surface area contributed by atoms with Gasteiger partial charge in [-0.1, -0.05) is 0 Å². The van der Waals surface area contributed by atoms with Crippen LogP contribution < -0.4 is 15.8 Å². The first-order valence-electron chi connectivity index (χ1n) is 9.70. The molecule has 1 aliphatic heterocycles. The highest BCUT2D eigenvalue weighted by atomic mass is 19.1. The number of nitrogens with two attached hydrogens (primary N) is 1. The van der Waals surface area contributed by atoms with Crippen molar-refractivity contribution in [2.45, 2.75) is 19.9 Å². The lowest BCUT2D eigenvalue weighted by Crippen LogP contribution is -2.49. The lowest BCUT2D eigenvalue weighted by molar-refractivity contribution is 0.0965. The van der Waals surface area contributed by atoms with Gasteiger partial charge >= 0.3 is 0 Å². The average Bonchev–Trinajstić information content (AvgIpc) is 2.70. The Morgan fingerprint density at radius 3 is 2.52 bits per heavy atom. The molecule has 2 heterocycles. The Kier molecular flexibility index (Phi) is 6.95. The molecule has 1 fully saturated rings. The minimum absolute atomic E-state index is 0.205. The van der Waals surface area contributed by atoms with Crippen molar-refractivity contribution in [2.75, 3.05) is 44.6 Å². The van der Waals surface area contributed by atoms with Gasteiger partial charge in [-0.2, -0.15) is 0 Å². The third kappa shape index (κ3) is 5.85. The number of halogens is 1. The average molecular weight is 402 g/mol. The van der Waals surface area contributed by atoms with Crippen molar-refractivity contribution in [1.82, 2.24) is 19.8 Å². The van der Waals surface area contributed by atoms with E-state index in [1.165, 1.54) is 18.5 Å². The van der Waals surface area contributed by atoms with Gasteiger partial charge in [0.15, 0.2) is 11.6 Å². The maximum atomic E-state index is 14.3. The van der Waals surface area contributed by atoms with E-state index in [0.29, 0.717) is 18.3 Å². The molecule has 156 valence electrons. The SMILES string of the molecule is CC(C)N1CCN(CCOc2ccc(Nc3ncc(C(N)=O)cn3)cc2F)CC1. The summed E-state index contributed by atoms with van der Waals surface area (Å²) < 4.78 is 20.0. The highest BCUT2D eigenvalue weighted by molar-refractivity contribution is 5.92. The van der Waals surface area contributed by atoms with E-state index in [-0.39, 0.29) is 17.3 Å². The quantitative estimate of drug-likeness (QED) is 0.696. The van der Waals surface area contributed by atoms with Crippen molar-refractivity contribution >= 4 is 17.5 Å². The molecular formula is C20H27FN6O2. The number of hydrogen-bond donors (Lipinski definition) is 2. The van der Waals surface area contributed by atoms with Crippen LogP contribution >= 0.6 is 0 Å². The van der Waals surface area contributed by atoms with E-state index in [2.05, 4.69) is 38.9 Å². The molecule has 0 radical (unpaired) electrons. The van der Waals surface area contributed by atoms with Gasteiger partial charge in [0.2, 0.25) is 5.95 Å². The second kappa shape index (κ2) is 9.62. The first-order chi connectivity index (χ1) is 13.9. The largest absolute Gasteiger partial charge is 0.489 e. The van der Waals surface area contributed by atoms with E-state index in [9.17, 15) is 9.18 Å². The van der Waals surface area contributed by atoms with Crippen molar-refractivity contribution in [2.24, 2.45) is 5.73 Å². The van der Waals surface area contributed by atoms with Crippen LogP contribution in [0.25, 0.3) is 0 Å². The Morgan fingerprint density at radius 2 is 1.93 bits per heavy atom. The zero-order valence-electron chi connectivity index (χ0n) is 16.8. The number of benzene rings is 1. The van der Waals surface area contributed by atoms with Crippen LogP contribution in [0.5, 0.6) is 5.75 Å². The zero-order valence-corrected chi connectivity index (χ0v) is 16.8. The number of carbonyl (C=O) groups excluding carboxylic acids is 1. The Hall–Kier alpha value is -2.78. The van der Waals surface area contributed by atoms with Gasteiger partial charge in [0.05, 0.1) is 5.56 Å². The summed E-state index contributed by atoms with van der Waals surface area (Å²) in [6.07, 6.45) is 2.62. The van der Waals surface area contributed by atoms with Crippen LogP contribution in [0.15, 0.2) is 30.6 Å². The smallest absolute Gasteiger partial charge is 0.251 e. The maximum absolute atomic E-state index is 14.3. The maximum Gasteiger partial charge on any atom is 0.251 e. The standard InChI is InChI=1S/C20H27FN6O2/c1-14(2)27-7-5-26(6-8-27)9-10-29-18-4-3-16(11-17(18)21)25-20-23-12-15(13-24-20)19(22)28/h3-4,11-14H,5-10H2,1-2H3,(H2,22,28)(H,23,24,25). The van der Waals surface area contributed by atoms with Gasteiger partial charge in [0, 0.05) is 62.9 Å². The van der Waals surface area contributed by atoms with Crippen LogP contribution in [0.1, 0.15) is 24.2 Å². The van der Waals surface area contributed by atoms with Crippen LogP contribution in [0, 0.1) is 5.82 Å². The number of piperazine rings is 1. The number of nitrogens with one attached hydrogen (secondary N) is 1. The molecule has 1 aromatic carbocycles. The molecule has 1 aliphatic rings. The third-order valence-electron chi connectivity index (χ3n) is 4.93. The predicted octanol–water partition coefficient (Wildman–Crippen LogP) is 1.86. The van der Waals surface area contributed by atoms with Crippen molar-refractivity contribution in [3.63, 3.8) is 0 Å². The lowest BCUT2D eigenvalue weighted by Gasteiger charge is -2.36. The fraction of sp³-hybridized carbons (Fsp3) is 0.450. The van der Waals surface area contributed by atoms with Crippen LogP contribution in [0.3, 0.4) is 0 Å². The molecule has 3 N–H and O–H groups in total. The minimum atomic E-state index is -0.606. The van der Waals surface area contributed by atoms with Gasteiger partial charge in [0.1, 0.15) is 6.61 Å². The molecule has 1 aromatic heterocycles. The summed E-state index contributed by atoms with van der Waals surface area (Å²) >= 11 is 0. The van der Waals surface area contributed by atoms with Crippen LogP contribution in [-0.4, -0.2) is 71.0 Å². The van der Waals surface area contributed by atoms with Crippen LogP contribution in [0.2, 0.25) is 0 Å². The summed E-state index contributed by atoms with van der Waals surface area (Å²) in [5, 5.41) is 2.88. The number of anilines is 2. The Balaban J connectivity index is 1.47. The normalized spacial score (nSPS) is 15.4. The lowest BCUT2D eigenvalue weighted by atomic mass is 10.2. The Labute approximate surface area is 169 Å². The molecule has 0 aliphatic carbocycles. The Bertz CT molecular complexity index is 822. The summed E-state index contributed by atoms with van der Waals surface area (Å²) in [5.41, 5.74) is 5.83. The molecule has 0 atom stereocenters. The van der Waals surface area contributed by atoms with Gasteiger partial charge in [-0.25, -0.2) is 14.4 Å². The van der Waals surface area contributed by atoms with Crippen molar-refractivity contribution in [1.29, 1.82) is 0 Å². The molecule has 2 aromatic rings. The molecule has 9 heteroatoms. The Morgan fingerprint density at radius 1 is 1.24 bits per heavy atom. The van der Waals surface area contributed by atoms with Gasteiger partial charge in [-0.3, -0.25) is 14.6 Å². The molecule has 3 rings (SSSR count). The summed E-state index contributed by atoms with van der Waals surface area (Å²) in [5.74, 6) is -0.621. The molecule has 0 saturated carbocycles. The summed E-state index contributed by atoms with van der Waals surface area (Å²) in [6, 6.07) is 5.15. The van der Waals surface area contributed by atoms with Gasteiger partial charge in [-0.05, 0) is 26.0 Å². The van der Waals surface area contributed by atoms with E-state index in [4.69, 9.17) is 10.5 Å². The second-order valence-electron chi connectivity index (χ2n) is 7.25. The first-order valence-corrected chi connectivity index (χ1v) is 9.70. The second-order valence-corrected chi connectivity index (χ2v) is 7.25. The van der Waals surface area contributed by atoms with Gasteiger partial charge in [-0.15, -0.1) is 0 Å². The highest BCUT2D eigenvalue weighted by Crippen LogP contribution is 2.23. The highest BCUT2D eigenvalue weighted by Gasteiger charge is 2.18. The van der Waals surface area contributed by atoms with E-state index < -0.39 is 11.7 Å². The summed E-state index contributed by atoms with van der Waals surface area (Å²) in [4.78, 5) is 23.8. The fourth-order valence-electron chi connectivity index (χ4n) is 3.13. The number of primary amides is 1. The molecule has 1 saturated heterocycles. The van der Waals surface area contributed by atoms with Crippen molar-refractivity contribution in [3.8, 4) is 5.75 Å². The number of rotatable bonds is 8. The molecule has 29 heavy (non-hydrogen) atoms. The molecule has 0 bridgehead atoms. The van der Waals surface area contributed by atoms with Gasteiger partial charge < -0.3 is 15.8 Å². The number of amides is 1. The molecule has 8 nitrogen and oxygen atoms in total. The van der Waals surface area contributed by atoms with Crippen molar-refractivity contribution < 1.29 is 13.9 Å². The van der Waals surface area contributed by atoms with Gasteiger partial charge in [0.25, 0.3) is 5.91 Å². The topological polar surface area (TPSA) is 96.6 Å². The molecule has 0 spiro atoms. The number of ether oxygens (including phenoxy) is 1. The first kappa shape index (κ1) is 20.9. The summed E-state index contributed by atoms with van der Waals surface area (Å²) in [6.45, 7) is 9.73. The molecule has 1 amide bonds.